The first kappa shape index (κ1) is 23.6. The Balaban J connectivity index is 1.83. The Morgan fingerprint density at radius 2 is 1.84 bits per heavy atom. The van der Waals surface area contributed by atoms with Crippen molar-refractivity contribution in [3.05, 3.63) is 65.4 Å². The second kappa shape index (κ2) is 10.0. The molecule has 172 valence electrons. The highest BCUT2D eigenvalue weighted by Crippen LogP contribution is 2.33. The second-order valence-electron chi connectivity index (χ2n) is 8.87. The highest BCUT2D eigenvalue weighted by atomic mass is 19.1. The van der Waals surface area contributed by atoms with Crippen LogP contribution in [0.5, 0.6) is 0 Å². The fourth-order valence-corrected chi connectivity index (χ4v) is 3.71. The number of nitrogens with one attached hydrogen (secondary N) is 1. The Bertz CT molecular complexity index is 964. The average Bonchev–Trinajstić information content (AvgIpc) is 3.16. The van der Waals surface area contributed by atoms with Gasteiger partial charge in [0.25, 0.3) is 0 Å². The molecule has 0 radical (unpaired) electrons. The van der Waals surface area contributed by atoms with E-state index in [-0.39, 0.29) is 11.9 Å². The maximum Gasteiger partial charge on any atom is 0.410 e. The van der Waals surface area contributed by atoms with E-state index in [1.165, 1.54) is 6.07 Å². The standard InChI is InChI=1S/C25H33FN4O2/c1-6-7-12-27-23-22(20(17-28-23)19-10-8-9-11-21(19)26)18(2)29-13-15-30(16-14-29)24(31)32-25(3,4)5/h7-12,17H,6,13-16H2,1-5H3,(H,27,28)/b12-7+,22-18+. The number of aliphatic imine (C=N–C) groups is 1. The summed E-state index contributed by atoms with van der Waals surface area (Å²) in [5.74, 6) is 0.416. The first-order valence-electron chi connectivity index (χ1n) is 11.1. The highest BCUT2D eigenvalue weighted by Gasteiger charge is 2.29. The number of benzene rings is 1. The van der Waals surface area contributed by atoms with Gasteiger partial charge in [-0.05, 0) is 46.4 Å². The second-order valence-corrected chi connectivity index (χ2v) is 8.87. The first-order valence-corrected chi connectivity index (χ1v) is 11.1. The van der Waals surface area contributed by atoms with Gasteiger partial charge in [0.1, 0.15) is 17.3 Å². The summed E-state index contributed by atoms with van der Waals surface area (Å²) in [6, 6.07) is 6.75. The summed E-state index contributed by atoms with van der Waals surface area (Å²) >= 11 is 0. The number of hydrogen-bond acceptors (Lipinski definition) is 5. The molecule has 1 amide bonds. The van der Waals surface area contributed by atoms with E-state index in [4.69, 9.17) is 4.74 Å². The molecule has 0 unspecified atom stereocenters. The molecule has 1 fully saturated rings. The third kappa shape index (κ3) is 5.58. The van der Waals surface area contributed by atoms with Gasteiger partial charge in [-0.1, -0.05) is 31.2 Å². The number of nitrogens with zero attached hydrogens (tertiary/aromatic N) is 3. The molecule has 0 saturated carbocycles. The summed E-state index contributed by atoms with van der Waals surface area (Å²) in [6.07, 6.45) is 6.21. The number of halogens is 1. The summed E-state index contributed by atoms with van der Waals surface area (Å²) in [6.45, 7) is 12.1. The molecule has 2 heterocycles. The van der Waals surface area contributed by atoms with Crippen LogP contribution in [0, 0.1) is 5.82 Å². The minimum atomic E-state index is -0.515. The zero-order chi connectivity index (χ0) is 23.3. The van der Waals surface area contributed by atoms with Crippen molar-refractivity contribution in [2.75, 3.05) is 26.2 Å². The Hall–Kier alpha value is -3.09. The van der Waals surface area contributed by atoms with Gasteiger partial charge >= 0.3 is 6.09 Å². The van der Waals surface area contributed by atoms with Crippen LogP contribution in [0.25, 0.3) is 5.57 Å². The van der Waals surface area contributed by atoms with Crippen molar-refractivity contribution in [2.45, 2.75) is 46.6 Å². The van der Waals surface area contributed by atoms with E-state index in [9.17, 15) is 9.18 Å². The molecule has 0 aliphatic carbocycles. The topological polar surface area (TPSA) is 57.2 Å². The van der Waals surface area contributed by atoms with E-state index in [1.54, 1.807) is 23.2 Å². The molecule has 3 rings (SSSR count). The Kier molecular flexibility index (Phi) is 7.38. The Morgan fingerprint density at radius 1 is 1.19 bits per heavy atom. The predicted molar refractivity (Wildman–Crippen MR) is 126 cm³/mol. The molecule has 7 heteroatoms. The third-order valence-corrected chi connectivity index (χ3v) is 5.33. The summed E-state index contributed by atoms with van der Waals surface area (Å²) < 4.78 is 20.1. The zero-order valence-corrected chi connectivity index (χ0v) is 19.6. The third-order valence-electron chi connectivity index (χ3n) is 5.33. The lowest BCUT2D eigenvalue weighted by molar-refractivity contribution is 0.0168. The van der Waals surface area contributed by atoms with Gasteiger partial charge in [0, 0.05) is 54.8 Å². The smallest absolute Gasteiger partial charge is 0.410 e. The van der Waals surface area contributed by atoms with Crippen LogP contribution in [-0.2, 0) is 4.74 Å². The van der Waals surface area contributed by atoms with Crippen LogP contribution in [0.15, 0.2) is 59.0 Å². The summed E-state index contributed by atoms with van der Waals surface area (Å²) in [5.41, 5.74) is 2.63. The van der Waals surface area contributed by atoms with Crippen molar-refractivity contribution in [1.29, 1.82) is 0 Å². The van der Waals surface area contributed by atoms with Crippen molar-refractivity contribution >= 4 is 17.5 Å². The molecular formula is C25H33FN4O2. The molecule has 32 heavy (non-hydrogen) atoms. The van der Waals surface area contributed by atoms with Crippen LogP contribution in [-0.4, -0.2) is 53.5 Å². The van der Waals surface area contributed by atoms with E-state index in [2.05, 4.69) is 22.1 Å². The first-order chi connectivity index (χ1) is 15.2. The number of allylic oxidation sites excluding steroid dienone is 2. The van der Waals surface area contributed by atoms with Gasteiger partial charge < -0.3 is 19.9 Å². The fraction of sp³-hybridized carbons (Fsp3) is 0.440. The van der Waals surface area contributed by atoms with Crippen molar-refractivity contribution in [1.82, 2.24) is 15.1 Å². The molecule has 2 aliphatic heterocycles. The maximum absolute atomic E-state index is 14.6. The average molecular weight is 441 g/mol. The quantitative estimate of drug-likeness (QED) is 0.722. The van der Waals surface area contributed by atoms with Crippen molar-refractivity contribution < 1.29 is 13.9 Å². The van der Waals surface area contributed by atoms with E-state index in [1.807, 2.05) is 46.0 Å². The van der Waals surface area contributed by atoms with Crippen LogP contribution in [0.3, 0.4) is 0 Å². The number of carbonyl (C=O) groups excluding carboxylic acids is 1. The van der Waals surface area contributed by atoms with Crippen LogP contribution >= 0.6 is 0 Å². The largest absolute Gasteiger partial charge is 0.444 e. The molecule has 6 nitrogen and oxygen atoms in total. The lowest BCUT2D eigenvalue weighted by atomic mass is 9.96. The van der Waals surface area contributed by atoms with Gasteiger partial charge in [0.15, 0.2) is 0 Å². The minimum Gasteiger partial charge on any atom is -0.444 e. The Morgan fingerprint density at radius 3 is 2.47 bits per heavy atom. The van der Waals surface area contributed by atoms with Crippen LogP contribution in [0.2, 0.25) is 0 Å². The van der Waals surface area contributed by atoms with Gasteiger partial charge in [-0.2, -0.15) is 0 Å². The highest BCUT2D eigenvalue weighted by molar-refractivity contribution is 6.16. The molecule has 0 bridgehead atoms. The molecule has 1 N–H and O–H groups in total. The molecule has 0 atom stereocenters. The van der Waals surface area contributed by atoms with Crippen molar-refractivity contribution in [2.24, 2.45) is 4.99 Å². The normalized spacial score (nSPS) is 18.6. The van der Waals surface area contributed by atoms with Gasteiger partial charge in [-0.3, -0.25) is 0 Å². The zero-order valence-electron chi connectivity index (χ0n) is 19.6. The molecule has 1 aromatic rings. The molecule has 1 saturated heterocycles. The molecule has 0 spiro atoms. The number of amides is 1. The van der Waals surface area contributed by atoms with E-state index in [0.717, 1.165) is 23.3 Å². The summed E-state index contributed by atoms with van der Waals surface area (Å²) in [7, 11) is 0. The monoisotopic (exact) mass is 440 g/mol. The molecule has 0 aromatic heterocycles. The van der Waals surface area contributed by atoms with E-state index in [0.29, 0.717) is 37.6 Å². The van der Waals surface area contributed by atoms with E-state index >= 15 is 0 Å². The fourth-order valence-electron chi connectivity index (χ4n) is 3.71. The molecule has 1 aromatic carbocycles. The lowest BCUT2D eigenvalue weighted by Gasteiger charge is -2.38. The Labute approximate surface area is 190 Å². The van der Waals surface area contributed by atoms with Gasteiger partial charge in [-0.25, -0.2) is 14.2 Å². The number of rotatable bonds is 4. The minimum absolute atomic E-state index is 0.278. The number of ether oxygens (including phenoxy) is 1. The number of carbonyl (C=O) groups is 1. The van der Waals surface area contributed by atoms with Gasteiger partial charge in [0.05, 0.1) is 0 Å². The van der Waals surface area contributed by atoms with Crippen LogP contribution in [0.1, 0.15) is 46.6 Å². The molecular weight excluding hydrogens is 407 g/mol. The summed E-state index contributed by atoms with van der Waals surface area (Å²) in [5, 5.41) is 3.25. The van der Waals surface area contributed by atoms with Crippen molar-refractivity contribution in [3.8, 4) is 0 Å². The van der Waals surface area contributed by atoms with Gasteiger partial charge in [-0.15, -0.1) is 0 Å². The number of amidine groups is 1. The lowest BCUT2D eigenvalue weighted by Crippen LogP contribution is -2.49. The van der Waals surface area contributed by atoms with Crippen LogP contribution < -0.4 is 5.32 Å². The predicted octanol–water partition coefficient (Wildman–Crippen LogP) is 4.92. The van der Waals surface area contributed by atoms with Crippen LogP contribution in [0.4, 0.5) is 9.18 Å². The van der Waals surface area contributed by atoms with E-state index < -0.39 is 5.60 Å². The molecule has 2 aliphatic rings. The van der Waals surface area contributed by atoms with Crippen molar-refractivity contribution in [3.63, 3.8) is 0 Å². The van der Waals surface area contributed by atoms with Gasteiger partial charge in [0.2, 0.25) is 0 Å². The number of piperazine rings is 1. The number of hydrogen-bond donors (Lipinski definition) is 1. The summed E-state index contributed by atoms with van der Waals surface area (Å²) in [4.78, 5) is 20.9. The SMILES string of the molecule is CC/C=C/NC1=NC=C(c2ccccc2F)/C1=C(/C)N1CCN(C(=O)OC(C)(C)C)CC1. The maximum atomic E-state index is 14.6.